The summed E-state index contributed by atoms with van der Waals surface area (Å²) in [5.41, 5.74) is 0.420. The first kappa shape index (κ1) is 17.9. The fourth-order valence-electron chi connectivity index (χ4n) is 3.35. The highest BCUT2D eigenvalue weighted by Gasteiger charge is 2.31. The minimum atomic E-state index is 0.348. The molecule has 3 nitrogen and oxygen atoms in total. The van der Waals surface area contributed by atoms with E-state index in [9.17, 15) is 0 Å². The molecule has 1 rings (SSSR count). The highest BCUT2D eigenvalue weighted by molar-refractivity contribution is 4.86. The van der Waals surface area contributed by atoms with Crippen molar-refractivity contribution in [3.8, 4) is 0 Å². The van der Waals surface area contributed by atoms with E-state index in [0.29, 0.717) is 12.0 Å². The molecule has 20 heavy (non-hydrogen) atoms. The maximum Gasteiger partial charge on any atom is 0.0434 e. The topological polar surface area (TPSA) is 35.5 Å². The van der Waals surface area contributed by atoms with Crippen molar-refractivity contribution < 1.29 is 5.11 Å². The van der Waals surface area contributed by atoms with E-state index < -0.39 is 0 Å². The quantitative estimate of drug-likeness (QED) is 0.647. The van der Waals surface area contributed by atoms with Gasteiger partial charge in [-0.2, -0.15) is 0 Å². The van der Waals surface area contributed by atoms with Crippen LogP contribution in [0.5, 0.6) is 0 Å². The average molecular weight is 284 g/mol. The minimum absolute atomic E-state index is 0.348. The fourth-order valence-corrected chi connectivity index (χ4v) is 3.35. The molecule has 0 aromatic heterocycles. The van der Waals surface area contributed by atoms with Crippen molar-refractivity contribution in [1.29, 1.82) is 0 Å². The lowest BCUT2D eigenvalue weighted by Crippen LogP contribution is -2.43. The maximum absolute atomic E-state index is 9.08. The van der Waals surface area contributed by atoms with E-state index in [4.69, 9.17) is 5.11 Å². The molecule has 2 N–H and O–H groups in total. The lowest BCUT2D eigenvalue weighted by atomic mass is 9.81. The van der Waals surface area contributed by atoms with Crippen LogP contribution in [0.15, 0.2) is 0 Å². The summed E-state index contributed by atoms with van der Waals surface area (Å²) in [5, 5.41) is 12.7. The SMILES string of the molecule is CCC(CC)(CNCC(C)C)CN1CCC(CCO)C1. The van der Waals surface area contributed by atoms with Crippen LogP contribution in [0.3, 0.4) is 0 Å². The predicted molar refractivity (Wildman–Crippen MR) is 87.0 cm³/mol. The maximum atomic E-state index is 9.08. The largest absolute Gasteiger partial charge is 0.396 e. The summed E-state index contributed by atoms with van der Waals surface area (Å²) in [6, 6.07) is 0. The molecule has 0 amide bonds. The van der Waals surface area contributed by atoms with Crippen LogP contribution in [0.1, 0.15) is 53.4 Å². The molecular weight excluding hydrogens is 248 g/mol. The van der Waals surface area contributed by atoms with Gasteiger partial charge in [-0.15, -0.1) is 0 Å². The Morgan fingerprint density at radius 1 is 1.30 bits per heavy atom. The van der Waals surface area contributed by atoms with Crippen molar-refractivity contribution in [3.05, 3.63) is 0 Å². The third-order valence-corrected chi connectivity index (χ3v) is 5.02. The van der Waals surface area contributed by atoms with E-state index in [1.165, 1.54) is 38.9 Å². The standard InChI is InChI=1S/C17H36N2O/c1-5-17(6-2,13-18-11-15(3)4)14-19-9-7-16(12-19)8-10-20/h15-16,18,20H,5-14H2,1-4H3. The van der Waals surface area contributed by atoms with Gasteiger partial charge < -0.3 is 15.3 Å². The molecule has 0 saturated carbocycles. The molecule has 0 aliphatic carbocycles. The number of nitrogens with zero attached hydrogens (tertiary/aromatic N) is 1. The van der Waals surface area contributed by atoms with Gasteiger partial charge >= 0.3 is 0 Å². The molecule has 1 saturated heterocycles. The Hall–Kier alpha value is -0.120. The van der Waals surface area contributed by atoms with Crippen LogP contribution in [0.25, 0.3) is 0 Å². The number of hydrogen-bond acceptors (Lipinski definition) is 3. The van der Waals surface area contributed by atoms with Gasteiger partial charge in [-0.3, -0.25) is 0 Å². The zero-order chi connectivity index (χ0) is 15.0. The highest BCUT2D eigenvalue weighted by atomic mass is 16.3. The van der Waals surface area contributed by atoms with Crippen molar-refractivity contribution in [3.63, 3.8) is 0 Å². The smallest absolute Gasteiger partial charge is 0.0434 e. The van der Waals surface area contributed by atoms with Crippen molar-refractivity contribution in [2.24, 2.45) is 17.3 Å². The van der Waals surface area contributed by atoms with Gasteiger partial charge in [0.25, 0.3) is 0 Å². The second kappa shape index (κ2) is 9.01. The number of nitrogens with one attached hydrogen (secondary N) is 1. The number of aliphatic hydroxyl groups is 1. The van der Waals surface area contributed by atoms with Gasteiger partial charge in [0.05, 0.1) is 0 Å². The van der Waals surface area contributed by atoms with Gasteiger partial charge in [0, 0.05) is 26.2 Å². The Morgan fingerprint density at radius 3 is 2.55 bits per heavy atom. The fraction of sp³-hybridized carbons (Fsp3) is 1.00. The molecule has 0 aromatic carbocycles. The number of aliphatic hydroxyl groups excluding tert-OH is 1. The molecular formula is C17H36N2O. The number of likely N-dealkylation sites (tertiary alicyclic amines) is 1. The van der Waals surface area contributed by atoms with Crippen LogP contribution in [0.4, 0.5) is 0 Å². The van der Waals surface area contributed by atoms with Crippen molar-refractivity contribution in [2.75, 3.05) is 39.3 Å². The van der Waals surface area contributed by atoms with Gasteiger partial charge in [0.15, 0.2) is 0 Å². The predicted octanol–water partition coefficient (Wildman–Crippen LogP) is 2.74. The summed E-state index contributed by atoms with van der Waals surface area (Å²) in [7, 11) is 0. The highest BCUT2D eigenvalue weighted by Crippen LogP contribution is 2.30. The lowest BCUT2D eigenvalue weighted by molar-refractivity contribution is 0.148. The first-order valence-corrected chi connectivity index (χ1v) is 8.59. The lowest BCUT2D eigenvalue weighted by Gasteiger charge is -2.36. The summed E-state index contributed by atoms with van der Waals surface area (Å²) in [5.74, 6) is 1.44. The molecule has 1 heterocycles. The Labute approximate surface area is 126 Å². The van der Waals surface area contributed by atoms with Crippen LogP contribution in [-0.4, -0.2) is 49.3 Å². The second-order valence-corrected chi connectivity index (χ2v) is 7.13. The van der Waals surface area contributed by atoms with E-state index in [2.05, 4.69) is 37.9 Å². The summed E-state index contributed by atoms with van der Waals surface area (Å²) in [6.45, 7) is 15.4. The Kier molecular flexibility index (Phi) is 8.08. The van der Waals surface area contributed by atoms with Crippen LogP contribution in [0.2, 0.25) is 0 Å². The first-order chi connectivity index (χ1) is 9.55. The zero-order valence-corrected chi connectivity index (χ0v) is 14.1. The number of hydrogen-bond donors (Lipinski definition) is 2. The normalized spacial score (nSPS) is 21.0. The van der Waals surface area contributed by atoms with Gasteiger partial charge in [-0.05, 0) is 56.0 Å². The summed E-state index contributed by atoms with van der Waals surface area (Å²) in [4.78, 5) is 2.63. The van der Waals surface area contributed by atoms with Crippen molar-refractivity contribution in [2.45, 2.75) is 53.4 Å². The molecule has 1 aliphatic rings. The molecule has 1 atom stereocenters. The van der Waals surface area contributed by atoms with Gasteiger partial charge in [0.1, 0.15) is 0 Å². The molecule has 1 fully saturated rings. The van der Waals surface area contributed by atoms with Gasteiger partial charge in [-0.1, -0.05) is 27.7 Å². The molecule has 120 valence electrons. The summed E-state index contributed by atoms with van der Waals surface area (Å²) >= 11 is 0. The molecule has 0 spiro atoms. The monoisotopic (exact) mass is 284 g/mol. The van der Waals surface area contributed by atoms with Crippen LogP contribution in [0, 0.1) is 17.3 Å². The molecule has 1 aliphatic heterocycles. The third kappa shape index (κ3) is 5.71. The van der Waals surface area contributed by atoms with E-state index in [-0.39, 0.29) is 0 Å². The van der Waals surface area contributed by atoms with Crippen molar-refractivity contribution in [1.82, 2.24) is 10.2 Å². The van der Waals surface area contributed by atoms with Gasteiger partial charge in [-0.25, -0.2) is 0 Å². The average Bonchev–Trinajstić information content (AvgIpc) is 2.85. The second-order valence-electron chi connectivity index (χ2n) is 7.13. The summed E-state index contributed by atoms with van der Waals surface area (Å²) in [6.07, 6.45) is 4.74. The molecule has 1 unspecified atom stereocenters. The van der Waals surface area contributed by atoms with Crippen molar-refractivity contribution >= 4 is 0 Å². The van der Waals surface area contributed by atoms with Gasteiger partial charge in [0.2, 0.25) is 0 Å². The molecule has 0 radical (unpaired) electrons. The van der Waals surface area contributed by atoms with Crippen LogP contribution < -0.4 is 5.32 Å². The Morgan fingerprint density at radius 2 is 2.00 bits per heavy atom. The first-order valence-electron chi connectivity index (χ1n) is 8.59. The molecule has 3 heteroatoms. The van der Waals surface area contributed by atoms with E-state index in [1.807, 2.05) is 0 Å². The Bertz CT molecular complexity index is 251. The molecule has 0 aromatic rings. The molecule has 0 bridgehead atoms. The zero-order valence-electron chi connectivity index (χ0n) is 14.1. The van der Waals surface area contributed by atoms with Crippen LogP contribution >= 0.6 is 0 Å². The van der Waals surface area contributed by atoms with E-state index >= 15 is 0 Å². The van der Waals surface area contributed by atoms with E-state index in [0.717, 1.165) is 31.3 Å². The number of rotatable bonds is 10. The third-order valence-electron chi connectivity index (χ3n) is 5.02. The minimum Gasteiger partial charge on any atom is -0.396 e. The van der Waals surface area contributed by atoms with Crippen LogP contribution in [-0.2, 0) is 0 Å². The van der Waals surface area contributed by atoms with E-state index in [1.54, 1.807) is 0 Å². The summed E-state index contributed by atoms with van der Waals surface area (Å²) < 4.78 is 0. The Balaban J connectivity index is 2.45.